The average Bonchev–Trinajstić information content (AvgIpc) is 2.59. The Hall–Kier alpha value is -1.71. The maximum absolute atomic E-state index is 5.30. The number of nitrogens with zero attached hydrogens (tertiary/aromatic N) is 2. The average molecular weight is 192 g/mol. The molecule has 4 heteroatoms. The van der Waals surface area contributed by atoms with Gasteiger partial charge >= 0.3 is 0 Å². The smallest absolute Gasteiger partial charge is 0.186 e. The Balaban J connectivity index is 2.81. The molecule has 2 rings (SSSR count). The molecule has 0 saturated heterocycles. The lowest BCUT2D eigenvalue weighted by Crippen LogP contribution is -1.95. The number of fused-ring (bicyclic) bond motifs is 1. The normalized spacial score (nSPS) is 10.5. The summed E-state index contributed by atoms with van der Waals surface area (Å²) >= 11 is 0. The molecule has 1 aromatic heterocycles. The third kappa shape index (κ3) is 1.11. The van der Waals surface area contributed by atoms with Crippen molar-refractivity contribution in [1.82, 2.24) is 9.78 Å². The van der Waals surface area contributed by atoms with Gasteiger partial charge in [-0.25, -0.2) is 0 Å². The summed E-state index contributed by atoms with van der Waals surface area (Å²) in [6.07, 6.45) is 1.80. The summed E-state index contributed by atoms with van der Waals surface area (Å²) in [5.41, 5.74) is 0.951. The van der Waals surface area contributed by atoms with Gasteiger partial charge < -0.3 is 9.47 Å². The molecule has 4 nitrogen and oxygen atoms in total. The van der Waals surface area contributed by atoms with Gasteiger partial charge in [-0.15, -0.1) is 0 Å². The van der Waals surface area contributed by atoms with Gasteiger partial charge in [-0.05, 0) is 12.1 Å². The molecule has 74 valence electrons. The minimum Gasteiger partial charge on any atom is -0.493 e. The standard InChI is InChI=1S/C10H12N2O2/c1-12-9-7(6-11-12)4-5-8(13-2)10(9)14-3/h4-6H,1-3H3. The van der Waals surface area contributed by atoms with Crippen LogP contribution in [0.15, 0.2) is 18.3 Å². The Morgan fingerprint density at radius 2 is 2.00 bits per heavy atom. The fourth-order valence-electron chi connectivity index (χ4n) is 1.57. The molecule has 0 fully saturated rings. The van der Waals surface area contributed by atoms with Crippen LogP contribution < -0.4 is 9.47 Å². The second-order valence-electron chi connectivity index (χ2n) is 3.01. The van der Waals surface area contributed by atoms with E-state index in [0.29, 0.717) is 0 Å². The van der Waals surface area contributed by atoms with Gasteiger partial charge in [-0.1, -0.05) is 0 Å². The SMILES string of the molecule is COc1ccc2cnn(C)c2c1OC. The van der Waals surface area contributed by atoms with Gasteiger partial charge in [0.1, 0.15) is 5.52 Å². The molecule has 0 aliphatic rings. The van der Waals surface area contributed by atoms with E-state index in [1.807, 2.05) is 19.2 Å². The summed E-state index contributed by atoms with van der Waals surface area (Å²) in [4.78, 5) is 0. The van der Waals surface area contributed by atoms with Crippen molar-refractivity contribution in [1.29, 1.82) is 0 Å². The second-order valence-corrected chi connectivity index (χ2v) is 3.01. The first-order valence-electron chi connectivity index (χ1n) is 4.30. The molecule has 0 aliphatic carbocycles. The largest absolute Gasteiger partial charge is 0.493 e. The van der Waals surface area contributed by atoms with Crippen LogP contribution in [0.3, 0.4) is 0 Å². The zero-order chi connectivity index (χ0) is 10.1. The van der Waals surface area contributed by atoms with Crippen LogP contribution in [0, 0.1) is 0 Å². The van der Waals surface area contributed by atoms with Gasteiger partial charge in [0, 0.05) is 12.4 Å². The lowest BCUT2D eigenvalue weighted by Gasteiger charge is -2.08. The van der Waals surface area contributed by atoms with Gasteiger partial charge in [-0.3, -0.25) is 4.68 Å². The van der Waals surface area contributed by atoms with Crippen molar-refractivity contribution in [3.63, 3.8) is 0 Å². The predicted molar refractivity (Wildman–Crippen MR) is 53.8 cm³/mol. The molecular formula is C10H12N2O2. The summed E-state index contributed by atoms with van der Waals surface area (Å²) in [5, 5.41) is 5.21. The Bertz CT molecular complexity index is 462. The third-order valence-electron chi connectivity index (χ3n) is 2.24. The first-order valence-corrected chi connectivity index (χ1v) is 4.30. The number of hydrogen-bond donors (Lipinski definition) is 0. The Labute approximate surface area is 82.0 Å². The van der Waals surface area contributed by atoms with Crippen molar-refractivity contribution in [2.24, 2.45) is 7.05 Å². The molecule has 0 atom stereocenters. The third-order valence-corrected chi connectivity index (χ3v) is 2.24. The van der Waals surface area contributed by atoms with E-state index in [4.69, 9.17) is 9.47 Å². The molecule has 0 saturated carbocycles. The highest BCUT2D eigenvalue weighted by Gasteiger charge is 2.11. The molecule has 0 radical (unpaired) electrons. The van der Waals surface area contributed by atoms with Crippen LogP contribution in [0.1, 0.15) is 0 Å². The van der Waals surface area contributed by atoms with Gasteiger partial charge in [-0.2, -0.15) is 5.10 Å². The van der Waals surface area contributed by atoms with Crippen LogP contribution in [0.4, 0.5) is 0 Å². The zero-order valence-electron chi connectivity index (χ0n) is 8.44. The van der Waals surface area contributed by atoms with Crippen molar-refractivity contribution >= 4 is 10.9 Å². The molecule has 1 aromatic carbocycles. The molecule has 0 spiro atoms. The molecular weight excluding hydrogens is 180 g/mol. The number of aryl methyl sites for hydroxylation is 1. The highest BCUT2D eigenvalue weighted by atomic mass is 16.5. The minimum atomic E-state index is 0.726. The second kappa shape index (κ2) is 3.21. The van der Waals surface area contributed by atoms with Crippen molar-refractivity contribution in [2.45, 2.75) is 0 Å². The van der Waals surface area contributed by atoms with E-state index in [1.54, 1.807) is 25.1 Å². The van der Waals surface area contributed by atoms with E-state index in [1.165, 1.54) is 0 Å². The summed E-state index contributed by atoms with van der Waals surface area (Å²) in [6, 6.07) is 3.84. The summed E-state index contributed by atoms with van der Waals surface area (Å²) in [7, 11) is 5.13. The predicted octanol–water partition coefficient (Wildman–Crippen LogP) is 1.59. The Morgan fingerprint density at radius 1 is 1.21 bits per heavy atom. The van der Waals surface area contributed by atoms with Crippen LogP contribution >= 0.6 is 0 Å². The van der Waals surface area contributed by atoms with Crippen molar-refractivity contribution in [2.75, 3.05) is 14.2 Å². The lowest BCUT2D eigenvalue weighted by molar-refractivity contribution is 0.357. The monoisotopic (exact) mass is 192 g/mol. The molecule has 0 bridgehead atoms. The molecule has 0 amide bonds. The van der Waals surface area contributed by atoms with Crippen molar-refractivity contribution < 1.29 is 9.47 Å². The first kappa shape index (κ1) is 8.87. The molecule has 0 unspecified atom stereocenters. The van der Waals surface area contributed by atoms with E-state index in [2.05, 4.69) is 5.10 Å². The van der Waals surface area contributed by atoms with Crippen LogP contribution in [-0.2, 0) is 7.05 Å². The number of hydrogen-bond acceptors (Lipinski definition) is 3. The van der Waals surface area contributed by atoms with Crippen LogP contribution in [-0.4, -0.2) is 24.0 Å². The van der Waals surface area contributed by atoms with Crippen LogP contribution in [0.25, 0.3) is 10.9 Å². The fraction of sp³-hybridized carbons (Fsp3) is 0.300. The van der Waals surface area contributed by atoms with E-state index in [-0.39, 0.29) is 0 Å². The van der Waals surface area contributed by atoms with Gasteiger partial charge in [0.25, 0.3) is 0 Å². The Morgan fingerprint density at radius 3 is 2.64 bits per heavy atom. The quantitative estimate of drug-likeness (QED) is 0.725. The van der Waals surface area contributed by atoms with Gasteiger partial charge in [0.05, 0.1) is 20.4 Å². The molecule has 14 heavy (non-hydrogen) atoms. The minimum absolute atomic E-state index is 0.726. The Kier molecular flexibility index (Phi) is 2.04. The maximum atomic E-state index is 5.30. The van der Waals surface area contributed by atoms with E-state index in [0.717, 1.165) is 22.4 Å². The van der Waals surface area contributed by atoms with Crippen LogP contribution in [0.5, 0.6) is 11.5 Å². The van der Waals surface area contributed by atoms with Crippen molar-refractivity contribution in [3.05, 3.63) is 18.3 Å². The maximum Gasteiger partial charge on any atom is 0.186 e. The number of methoxy groups -OCH3 is 2. The number of aromatic nitrogens is 2. The molecule has 2 aromatic rings. The number of benzene rings is 1. The summed E-state index contributed by atoms with van der Waals surface area (Å²) < 4.78 is 12.3. The summed E-state index contributed by atoms with van der Waals surface area (Å²) in [6.45, 7) is 0. The van der Waals surface area contributed by atoms with Gasteiger partial charge in [0.15, 0.2) is 11.5 Å². The number of rotatable bonds is 2. The molecule has 0 N–H and O–H groups in total. The van der Waals surface area contributed by atoms with Crippen molar-refractivity contribution in [3.8, 4) is 11.5 Å². The summed E-state index contributed by atoms with van der Waals surface area (Å²) in [5.74, 6) is 1.45. The highest BCUT2D eigenvalue weighted by molar-refractivity contribution is 5.87. The van der Waals surface area contributed by atoms with E-state index < -0.39 is 0 Å². The molecule has 0 aliphatic heterocycles. The van der Waals surface area contributed by atoms with Gasteiger partial charge in [0.2, 0.25) is 0 Å². The first-order chi connectivity index (χ1) is 6.77. The number of ether oxygens (including phenoxy) is 2. The lowest BCUT2D eigenvalue weighted by atomic mass is 10.2. The topological polar surface area (TPSA) is 36.3 Å². The van der Waals surface area contributed by atoms with E-state index in [9.17, 15) is 0 Å². The fourth-order valence-corrected chi connectivity index (χ4v) is 1.57. The van der Waals surface area contributed by atoms with Crippen LogP contribution in [0.2, 0.25) is 0 Å². The zero-order valence-corrected chi connectivity index (χ0v) is 8.44. The van der Waals surface area contributed by atoms with E-state index >= 15 is 0 Å². The molecule has 1 heterocycles. The highest BCUT2D eigenvalue weighted by Crippen LogP contribution is 2.34.